The fraction of sp³-hybridized carbons (Fsp3) is 0.0588. The van der Waals surface area contributed by atoms with E-state index >= 15 is 0 Å². The third-order valence-electron chi connectivity index (χ3n) is 3.86. The second-order valence-corrected chi connectivity index (χ2v) is 8.83. The smallest absolute Gasteiger partial charge is 0.294 e. The summed E-state index contributed by atoms with van der Waals surface area (Å²) in [5, 5.41) is 11.1. The zero-order valence-corrected chi connectivity index (χ0v) is 15.2. The van der Waals surface area contributed by atoms with Gasteiger partial charge in [0.15, 0.2) is 0 Å². The minimum atomic E-state index is -4.45. The number of anilines is 1. The third-order valence-corrected chi connectivity index (χ3v) is 6.09. The van der Waals surface area contributed by atoms with E-state index in [9.17, 15) is 21.9 Å². The fourth-order valence-electron chi connectivity index (χ4n) is 2.50. The highest BCUT2D eigenvalue weighted by molar-refractivity contribution is 7.92. The van der Waals surface area contributed by atoms with Gasteiger partial charge in [-0.15, -0.1) is 0 Å². The van der Waals surface area contributed by atoms with Gasteiger partial charge in [0.1, 0.15) is 5.75 Å². The zero-order valence-electron chi connectivity index (χ0n) is 13.5. The number of rotatable bonds is 4. The summed E-state index contributed by atoms with van der Waals surface area (Å²) < 4.78 is 58.8. The maximum Gasteiger partial charge on any atom is 0.294 e. The van der Waals surface area contributed by atoms with Crippen LogP contribution in [0.5, 0.6) is 5.75 Å². The Balaban J connectivity index is 2.01. The SMILES string of the molecule is Cc1ccc2cc(S(=O)(=O)Nc3cccc(S(=O)(=O)O)c3)ccc2c1O. The molecule has 136 valence electrons. The predicted molar refractivity (Wildman–Crippen MR) is 97.4 cm³/mol. The molecule has 7 nitrogen and oxygen atoms in total. The highest BCUT2D eigenvalue weighted by atomic mass is 32.2. The number of phenolic OH excluding ortho intramolecular Hbond substituents is 1. The van der Waals surface area contributed by atoms with E-state index < -0.39 is 25.0 Å². The van der Waals surface area contributed by atoms with E-state index in [4.69, 9.17) is 4.55 Å². The number of hydrogen-bond acceptors (Lipinski definition) is 5. The van der Waals surface area contributed by atoms with Gasteiger partial charge in [-0.3, -0.25) is 9.27 Å². The van der Waals surface area contributed by atoms with Crippen molar-refractivity contribution in [1.29, 1.82) is 0 Å². The van der Waals surface area contributed by atoms with E-state index in [1.807, 2.05) is 0 Å². The Bertz CT molecular complexity index is 1220. The summed E-state index contributed by atoms with van der Waals surface area (Å²) in [6.07, 6.45) is 0. The molecule has 0 spiro atoms. The average Bonchev–Trinajstić information content (AvgIpc) is 2.57. The molecule has 0 aromatic heterocycles. The molecule has 0 heterocycles. The molecule has 0 radical (unpaired) electrons. The summed E-state index contributed by atoms with van der Waals surface area (Å²) in [5.74, 6) is 0.0836. The van der Waals surface area contributed by atoms with E-state index in [0.717, 1.165) is 12.1 Å². The lowest BCUT2D eigenvalue weighted by Gasteiger charge is -2.11. The lowest BCUT2D eigenvalue weighted by Crippen LogP contribution is -2.13. The molecule has 0 fully saturated rings. The van der Waals surface area contributed by atoms with Gasteiger partial charge < -0.3 is 5.11 Å². The van der Waals surface area contributed by atoms with Gasteiger partial charge in [-0.25, -0.2) is 8.42 Å². The minimum Gasteiger partial charge on any atom is -0.507 e. The molecular formula is C17H15NO6S2. The van der Waals surface area contributed by atoms with E-state index in [1.54, 1.807) is 19.1 Å². The zero-order chi connectivity index (χ0) is 19.1. The lowest BCUT2D eigenvalue weighted by molar-refractivity contribution is 0.477. The molecule has 0 saturated heterocycles. The minimum absolute atomic E-state index is 0.00743. The third kappa shape index (κ3) is 3.50. The Morgan fingerprint density at radius 2 is 1.62 bits per heavy atom. The number of aromatic hydroxyl groups is 1. The molecule has 0 unspecified atom stereocenters. The Kier molecular flexibility index (Phi) is 4.39. The van der Waals surface area contributed by atoms with Crippen molar-refractivity contribution in [3.05, 3.63) is 60.2 Å². The Morgan fingerprint density at radius 1 is 0.885 bits per heavy atom. The van der Waals surface area contributed by atoms with Crippen molar-refractivity contribution in [3.8, 4) is 5.75 Å². The van der Waals surface area contributed by atoms with Crippen LogP contribution in [-0.2, 0) is 20.1 Å². The largest absolute Gasteiger partial charge is 0.507 e. The Morgan fingerprint density at radius 3 is 2.31 bits per heavy atom. The van der Waals surface area contributed by atoms with Gasteiger partial charge in [0, 0.05) is 5.39 Å². The van der Waals surface area contributed by atoms with Crippen molar-refractivity contribution in [2.45, 2.75) is 16.7 Å². The maximum absolute atomic E-state index is 12.6. The van der Waals surface area contributed by atoms with Crippen molar-refractivity contribution < 1.29 is 26.5 Å². The van der Waals surface area contributed by atoms with Crippen LogP contribution in [0.15, 0.2) is 64.4 Å². The summed E-state index contributed by atoms with van der Waals surface area (Å²) in [6.45, 7) is 1.74. The van der Waals surface area contributed by atoms with Crippen LogP contribution < -0.4 is 4.72 Å². The number of hydrogen-bond donors (Lipinski definition) is 3. The van der Waals surface area contributed by atoms with Crippen LogP contribution in [0.2, 0.25) is 0 Å². The maximum atomic E-state index is 12.6. The van der Waals surface area contributed by atoms with Gasteiger partial charge in [-0.2, -0.15) is 8.42 Å². The molecule has 3 aromatic rings. The normalized spacial score (nSPS) is 12.2. The summed E-state index contributed by atoms with van der Waals surface area (Å²) >= 11 is 0. The first-order valence-electron chi connectivity index (χ1n) is 7.41. The van der Waals surface area contributed by atoms with Gasteiger partial charge >= 0.3 is 0 Å². The van der Waals surface area contributed by atoms with Crippen LogP contribution in [0.25, 0.3) is 10.8 Å². The summed E-state index contributed by atoms with van der Waals surface area (Å²) in [5.41, 5.74) is 0.667. The number of fused-ring (bicyclic) bond motifs is 1. The van der Waals surface area contributed by atoms with Gasteiger partial charge in [0.2, 0.25) is 0 Å². The van der Waals surface area contributed by atoms with Gasteiger partial charge in [0.05, 0.1) is 15.5 Å². The van der Waals surface area contributed by atoms with Gasteiger partial charge in [0.25, 0.3) is 20.1 Å². The second kappa shape index (κ2) is 6.27. The molecule has 3 rings (SSSR count). The van der Waals surface area contributed by atoms with Crippen LogP contribution in [-0.4, -0.2) is 26.5 Å². The average molecular weight is 393 g/mol. The van der Waals surface area contributed by atoms with E-state index in [1.165, 1.54) is 30.3 Å². The highest BCUT2D eigenvalue weighted by Crippen LogP contribution is 2.30. The van der Waals surface area contributed by atoms with Gasteiger partial charge in [-0.1, -0.05) is 18.2 Å². The molecule has 0 bridgehead atoms. The molecule has 0 saturated carbocycles. The second-order valence-electron chi connectivity index (χ2n) is 5.72. The van der Waals surface area contributed by atoms with Crippen LogP contribution in [0.3, 0.4) is 0 Å². The van der Waals surface area contributed by atoms with Crippen molar-refractivity contribution in [3.63, 3.8) is 0 Å². The number of aryl methyl sites for hydroxylation is 1. The predicted octanol–water partition coefficient (Wildman–Crippen LogP) is 2.90. The molecule has 0 aliphatic rings. The molecular weight excluding hydrogens is 378 g/mol. The fourth-order valence-corrected chi connectivity index (χ4v) is 4.11. The molecule has 9 heteroatoms. The number of nitrogens with one attached hydrogen (secondary N) is 1. The van der Waals surface area contributed by atoms with Crippen LogP contribution in [0.4, 0.5) is 5.69 Å². The molecule has 0 aliphatic carbocycles. The molecule has 0 atom stereocenters. The first-order chi connectivity index (χ1) is 12.1. The standard InChI is InChI=1S/C17H15NO6S2/c1-11-5-6-12-9-14(7-8-16(12)17(11)19)25(20,21)18-13-3-2-4-15(10-13)26(22,23)24/h2-10,18-19H,1H3,(H,22,23,24). The monoisotopic (exact) mass is 393 g/mol. The molecule has 26 heavy (non-hydrogen) atoms. The highest BCUT2D eigenvalue weighted by Gasteiger charge is 2.17. The number of sulfonamides is 1. The van der Waals surface area contributed by atoms with E-state index in [-0.39, 0.29) is 16.3 Å². The van der Waals surface area contributed by atoms with E-state index in [0.29, 0.717) is 16.3 Å². The summed E-state index contributed by atoms with van der Waals surface area (Å²) in [6, 6.07) is 12.5. The molecule has 0 amide bonds. The van der Waals surface area contributed by atoms with Crippen LogP contribution in [0.1, 0.15) is 5.56 Å². The Hall–Kier alpha value is -2.62. The molecule has 3 aromatic carbocycles. The number of benzene rings is 3. The summed E-state index contributed by atoms with van der Waals surface area (Å²) in [7, 11) is -8.44. The molecule has 3 N–H and O–H groups in total. The molecule has 0 aliphatic heterocycles. The van der Waals surface area contributed by atoms with Crippen molar-refractivity contribution in [2.75, 3.05) is 4.72 Å². The first-order valence-corrected chi connectivity index (χ1v) is 10.3. The van der Waals surface area contributed by atoms with Crippen LogP contribution in [0, 0.1) is 6.92 Å². The topological polar surface area (TPSA) is 121 Å². The van der Waals surface area contributed by atoms with Gasteiger partial charge in [-0.05, 0) is 54.3 Å². The van der Waals surface area contributed by atoms with Crippen LogP contribution >= 0.6 is 0 Å². The van der Waals surface area contributed by atoms with E-state index in [2.05, 4.69) is 4.72 Å². The van der Waals surface area contributed by atoms with Crippen molar-refractivity contribution >= 4 is 36.6 Å². The summed E-state index contributed by atoms with van der Waals surface area (Å²) in [4.78, 5) is -0.470. The lowest BCUT2D eigenvalue weighted by atomic mass is 10.1. The number of phenols is 1. The first kappa shape index (κ1) is 18.2. The Labute approximate surface area is 150 Å². The van der Waals surface area contributed by atoms with Crippen molar-refractivity contribution in [1.82, 2.24) is 0 Å². The quantitative estimate of drug-likeness (QED) is 0.586. The van der Waals surface area contributed by atoms with Crippen molar-refractivity contribution in [2.24, 2.45) is 0 Å².